The van der Waals surface area contributed by atoms with Crippen LogP contribution in [0.3, 0.4) is 0 Å². The van der Waals surface area contributed by atoms with Crippen molar-refractivity contribution >= 4 is 5.91 Å². The molecule has 5 nitrogen and oxygen atoms in total. The highest BCUT2D eigenvalue weighted by atomic mass is 19.1. The molecule has 0 aliphatic rings. The third-order valence-electron chi connectivity index (χ3n) is 4.09. The van der Waals surface area contributed by atoms with Gasteiger partial charge in [0.2, 0.25) is 0 Å². The molecule has 2 aromatic rings. The molecule has 0 saturated heterocycles. The van der Waals surface area contributed by atoms with Gasteiger partial charge in [-0.25, -0.2) is 4.39 Å². The number of aliphatic hydroxyl groups excluding tert-OH is 1. The Hall–Kier alpha value is -2.21. The van der Waals surface area contributed by atoms with E-state index in [0.29, 0.717) is 23.5 Å². The SMILES string of the molecule is Cc1c(C(=O)NC(C)CC(O)c2ccc(F)cc2)cnn1CC(C)C. The van der Waals surface area contributed by atoms with Crippen LogP contribution in [0.25, 0.3) is 0 Å². The molecule has 2 atom stereocenters. The van der Waals surface area contributed by atoms with E-state index in [-0.39, 0.29) is 17.8 Å². The van der Waals surface area contributed by atoms with E-state index in [1.165, 1.54) is 12.1 Å². The predicted octanol–water partition coefficient (Wildman–Crippen LogP) is 3.23. The van der Waals surface area contributed by atoms with Gasteiger partial charge in [-0.1, -0.05) is 26.0 Å². The lowest BCUT2D eigenvalue weighted by Crippen LogP contribution is -2.34. The molecule has 1 heterocycles. The lowest BCUT2D eigenvalue weighted by molar-refractivity contribution is 0.0916. The zero-order valence-electron chi connectivity index (χ0n) is 15.2. The van der Waals surface area contributed by atoms with Gasteiger partial charge in [-0.2, -0.15) is 5.10 Å². The van der Waals surface area contributed by atoms with E-state index >= 15 is 0 Å². The van der Waals surface area contributed by atoms with Gasteiger partial charge in [-0.05, 0) is 43.9 Å². The number of rotatable bonds is 7. The zero-order valence-corrected chi connectivity index (χ0v) is 15.2. The number of aliphatic hydroxyl groups is 1. The van der Waals surface area contributed by atoms with Crippen molar-refractivity contribution in [2.75, 3.05) is 0 Å². The van der Waals surface area contributed by atoms with Crippen LogP contribution in [-0.2, 0) is 6.54 Å². The largest absolute Gasteiger partial charge is 0.388 e. The summed E-state index contributed by atoms with van der Waals surface area (Å²) in [6.45, 7) is 8.67. The zero-order chi connectivity index (χ0) is 18.6. The number of amides is 1. The molecule has 136 valence electrons. The number of benzene rings is 1. The smallest absolute Gasteiger partial charge is 0.254 e. The molecule has 6 heteroatoms. The standard InChI is InChI=1S/C19H26FN3O2/c1-12(2)11-23-14(4)17(10-21-23)19(25)22-13(3)9-18(24)15-5-7-16(20)8-6-15/h5-8,10,12-13,18,24H,9,11H2,1-4H3,(H,22,25). The number of aromatic nitrogens is 2. The summed E-state index contributed by atoms with van der Waals surface area (Å²) in [6, 6.07) is 5.49. The first-order valence-corrected chi connectivity index (χ1v) is 8.54. The molecular weight excluding hydrogens is 321 g/mol. The summed E-state index contributed by atoms with van der Waals surface area (Å²) in [4.78, 5) is 12.4. The van der Waals surface area contributed by atoms with Gasteiger partial charge in [-0.3, -0.25) is 9.48 Å². The van der Waals surface area contributed by atoms with Crippen molar-refractivity contribution in [3.05, 3.63) is 53.1 Å². The molecule has 0 aliphatic heterocycles. The number of hydrogen-bond acceptors (Lipinski definition) is 3. The summed E-state index contributed by atoms with van der Waals surface area (Å²) < 4.78 is 14.8. The van der Waals surface area contributed by atoms with Crippen LogP contribution in [0, 0.1) is 18.7 Å². The fourth-order valence-electron chi connectivity index (χ4n) is 2.72. The first kappa shape index (κ1) is 19.1. The summed E-state index contributed by atoms with van der Waals surface area (Å²) >= 11 is 0. The predicted molar refractivity (Wildman–Crippen MR) is 94.7 cm³/mol. The minimum Gasteiger partial charge on any atom is -0.388 e. The molecule has 0 saturated carbocycles. The maximum absolute atomic E-state index is 12.9. The van der Waals surface area contributed by atoms with Gasteiger partial charge in [0.05, 0.1) is 17.9 Å². The first-order valence-electron chi connectivity index (χ1n) is 8.54. The maximum Gasteiger partial charge on any atom is 0.254 e. The van der Waals surface area contributed by atoms with Crippen LogP contribution in [0.15, 0.2) is 30.5 Å². The number of carbonyl (C=O) groups is 1. The van der Waals surface area contributed by atoms with Crippen molar-refractivity contribution in [2.45, 2.75) is 52.8 Å². The maximum atomic E-state index is 12.9. The molecule has 2 unspecified atom stereocenters. The Labute approximate surface area is 147 Å². The quantitative estimate of drug-likeness (QED) is 0.808. The van der Waals surface area contributed by atoms with Crippen LogP contribution in [0.5, 0.6) is 0 Å². The molecule has 1 aromatic heterocycles. The van der Waals surface area contributed by atoms with E-state index in [4.69, 9.17) is 0 Å². The van der Waals surface area contributed by atoms with E-state index < -0.39 is 6.10 Å². The van der Waals surface area contributed by atoms with Gasteiger partial charge in [0.15, 0.2) is 0 Å². The van der Waals surface area contributed by atoms with Crippen LogP contribution < -0.4 is 5.32 Å². The van der Waals surface area contributed by atoms with Crippen LogP contribution in [-0.4, -0.2) is 26.8 Å². The molecule has 2 rings (SSSR count). The summed E-state index contributed by atoms with van der Waals surface area (Å²) in [6.07, 6.45) is 1.16. The molecule has 0 spiro atoms. The third kappa shape index (κ3) is 5.13. The van der Waals surface area contributed by atoms with Gasteiger partial charge >= 0.3 is 0 Å². The topological polar surface area (TPSA) is 67.2 Å². The van der Waals surface area contributed by atoms with Crippen molar-refractivity contribution in [2.24, 2.45) is 5.92 Å². The summed E-state index contributed by atoms with van der Waals surface area (Å²) in [5.41, 5.74) is 2.00. The minimum absolute atomic E-state index is 0.202. The summed E-state index contributed by atoms with van der Waals surface area (Å²) in [5.74, 6) is -0.100. The molecule has 1 aromatic carbocycles. The van der Waals surface area contributed by atoms with Gasteiger partial charge in [-0.15, -0.1) is 0 Å². The summed E-state index contributed by atoms with van der Waals surface area (Å²) in [5, 5.41) is 17.4. The highest BCUT2D eigenvalue weighted by Crippen LogP contribution is 2.19. The Morgan fingerprint density at radius 1 is 1.28 bits per heavy atom. The second-order valence-corrected chi connectivity index (χ2v) is 6.90. The van der Waals surface area contributed by atoms with E-state index in [1.807, 2.05) is 18.5 Å². The average Bonchev–Trinajstić information content (AvgIpc) is 2.88. The van der Waals surface area contributed by atoms with Crippen LogP contribution in [0.1, 0.15) is 54.9 Å². The van der Waals surface area contributed by atoms with Crippen molar-refractivity contribution in [3.63, 3.8) is 0 Å². The van der Waals surface area contributed by atoms with Crippen molar-refractivity contribution in [1.82, 2.24) is 15.1 Å². The van der Waals surface area contributed by atoms with Crippen molar-refractivity contribution < 1.29 is 14.3 Å². The summed E-state index contributed by atoms with van der Waals surface area (Å²) in [7, 11) is 0. The molecule has 2 N–H and O–H groups in total. The second kappa shape index (κ2) is 8.25. The van der Waals surface area contributed by atoms with Crippen LogP contribution in [0.4, 0.5) is 4.39 Å². The lowest BCUT2D eigenvalue weighted by Gasteiger charge is -2.18. The first-order chi connectivity index (χ1) is 11.8. The third-order valence-corrected chi connectivity index (χ3v) is 4.09. The van der Waals surface area contributed by atoms with E-state index in [1.54, 1.807) is 18.3 Å². The molecule has 25 heavy (non-hydrogen) atoms. The van der Waals surface area contributed by atoms with E-state index in [9.17, 15) is 14.3 Å². The Morgan fingerprint density at radius 3 is 2.52 bits per heavy atom. The van der Waals surface area contributed by atoms with Gasteiger partial charge in [0, 0.05) is 18.3 Å². The van der Waals surface area contributed by atoms with E-state index in [2.05, 4.69) is 24.3 Å². The fourth-order valence-corrected chi connectivity index (χ4v) is 2.72. The molecular formula is C19H26FN3O2. The highest BCUT2D eigenvalue weighted by molar-refractivity contribution is 5.95. The molecule has 0 fully saturated rings. The second-order valence-electron chi connectivity index (χ2n) is 6.90. The number of carbonyl (C=O) groups excluding carboxylic acids is 1. The highest BCUT2D eigenvalue weighted by Gasteiger charge is 2.19. The van der Waals surface area contributed by atoms with Gasteiger partial charge in [0.1, 0.15) is 5.82 Å². The Bertz CT molecular complexity index is 710. The fraction of sp³-hybridized carbons (Fsp3) is 0.474. The lowest BCUT2D eigenvalue weighted by atomic mass is 10.0. The number of hydrogen-bond donors (Lipinski definition) is 2. The normalized spacial score (nSPS) is 13.7. The monoisotopic (exact) mass is 347 g/mol. The Morgan fingerprint density at radius 2 is 1.92 bits per heavy atom. The molecule has 0 aliphatic carbocycles. The average molecular weight is 347 g/mol. The van der Waals surface area contributed by atoms with Crippen molar-refractivity contribution in [1.29, 1.82) is 0 Å². The van der Waals surface area contributed by atoms with Crippen molar-refractivity contribution in [3.8, 4) is 0 Å². The number of nitrogens with zero attached hydrogens (tertiary/aromatic N) is 2. The Balaban J connectivity index is 1.95. The minimum atomic E-state index is -0.763. The van der Waals surface area contributed by atoms with Gasteiger partial charge < -0.3 is 10.4 Å². The van der Waals surface area contributed by atoms with Crippen LogP contribution >= 0.6 is 0 Å². The number of halogens is 1. The molecule has 0 bridgehead atoms. The van der Waals surface area contributed by atoms with Crippen LogP contribution in [0.2, 0.25) is 0 Å². The number of nitrogens with one attached hydrogen (secondary N) is 1. The molecule has 0 radical (unpaired) electrons. The Kier molecular flexibility index (Phi) is 6.31. The van der Waals surface area contributed by atoms with E-state index in [0.717, 1.165) is 12.2 Å². The van der Waals surface area contributed by atoms with Gasteiger partial charge in [0.25, 0.3) is 5.91 Å². The molecule has 1 amide bonds.